The van der Waals surface area contributed by atoms with Crippen molar-refractivity contribution in [2.45, 2.75) is 10.8 Å². The lowest BCUT2D eigenvalue weighted by atomic mass is 10.3. The number of aromatic nitrogens is 2. The Morgan fingerprint density at radius 1 is 1.18 bits per heavy atom. The summed E-state index contributed by atoms with van der Waals surface area (Å²) in [6.07, 6.45) is 3.30. The van der Waals surface area contributed by atoms with Crippen molar-refractivity contribution in [2.75, 3.05) is 5.73 Å². The van der Waals surface area contributed by atoms with Crippen molar-refractivity contribution in [3.63, 3.8) is 0 Å². The van der Waals surface area contributed by atoms with Crippen LogP contribution in [0.1, 0.15) is 5.56 Å². The highest BCUT2D eigenvalue weighted by atomic mass is 35.5. The second-order valence-electron chi connectivity index (χ2n) is 3.32. The Morgan fingerprint density at radius 2 is 2.00 bits per heavy atom. The molecule has 0 unspecified atom stereocenters. The van der Waals surface area contributed by atoms with E-state index in [0.717, 1.165) is 10.6 Å². The van der Waals surface area contributed by atoms with Crippen LogP contribution in [0.3, 0.4) is 0 Å². The number of hydrogen-bond donors (Lipinski definition) is 1. The molecule has 0 bridgehead atoms. The molecule has 0 atom stereocenters. The minimum Gasteiger partial charge on any atom is -0.397 e. The molecule has 2 N–H and O–H groups in total. The van der Waals surface area contributed by atoms with E-state index < -0.39 is 0 Å². The van der Waals surface area contributed by atoms with Gasteiger partial charge < -0.3 is 5.73 Å². The zero-order valence-electron chi connectivity index (χ0n) is 8.73. The molecule has 2 heterocycles. The molecular weight excluding hydrogens is 277 g/mol. The molecule has 0 saturated heterocycles. The van der Waals surface area contributed by atoms with Gasteiger partial charge in [-0.3, -0.25) is 0 Å². The van der Waals surface area contributed by atoms with Gasteiger partial charge in [0.1, 0.15) is 5.15 Å². The minimum atomic E-state index is 0.398. The van der Waals surface area contributed by atoms with E-state index in [1.54, 1.807) is 30.2 Å². The number of nitrogens with zero attached hydrogens (tertiary/aromatic N) is 2. The Kier molecular flexibility index (Phi) is 4.10. The van der Waals surface area contributed by atoms with E-state index in [-0.39, 0.29) is 0 Å². The first-order chi connectivity index (χ1) is 8.15. The molecule has 0 aromatic carbocycles. The summed E-state index contributed by atoms with van der Waals surface area (Å²) in [6, 6.07) is 5.32. The van der Waals surface area contributed by atoms with E-state index in [1.165, 1.54) is 0 Å². The molecule has 88 valence electrons. The zero-order valence-corrected chi connectivity index (χ0v) is 11.1. The predicted molar refractivity (Wildman–Crippen MR) is 72.5 cm³/mol. The molecule has 0 fully saturated rings. The van der Waals surface area contributed by atoms with Crippen LogP contribution in [0.5, 0.6) is 0 Å². The van der Waals surface area contributed by atoms with Crippen LogP contribution in [0.25, 0.3) is 0 Å². The van der Waals surface area contributed by atoms with Gasteiger partial charge in [-0.05, 0) is 23.8 Å². The molecule has 0 spiro atoms. The van der Waals surface area contributed by atoms with E-state index in [2.05, 4.69) is 9.97 Å². The number of hydrogen-bond acceptors (Lipinski definition) is 4. The fourth-order valence-electron chi connectivity index (χ4n) is 1.17. The maximum Gasteiger partial charge on any atom is 0.130 e. The minimum absolute atomic E-state index is 0.398. The summed E-state index contributed by atoms with van der Waals surface area (Å²) >= 11 is 13.3. The highest BCUT2D eigenvalue weighted by Gasteiger charge is 2.04. The summed E-state index contributed by atoms with van der Waals surface area (Å²) in [7, 11) is 0. The first-order valence-corrected chi connectivity index (χ1v) is 6.53. The maximum atomic E-state index is 6.04. The van der Waals surface area contributed by atoms with Gasteiger partial charge in [-0.1, -0.05) is 23.2 Å². The number of thioether (sulfide) groups is 1. The number of nitrogens with two attached hydrogens (primary N) is 1. The Morgan fingerprint density at radius 3 is 2.65 bits per heavy atom. The molecule has 0 saturated carbocycles. The monoisotopic (exact) mass is 285 g/mol. The lowest BCUT2D eigenvalue weighted by molar-refractivity contribution is 1.13. The molecular formula is C11H9Cl2N3S. The van der Waals surface area contributed by atoms with Crippen LogP contribution < -0.4 is 5.73 Å². The average molecular weight is 286 g/mol. The van der Waals surface area contributed by atoms with Crippen molar-refractivity contribution in [1.29, 1.82) is 0 Å². The van der Waals surface area contributed by atoms with E-state index in [9.17, 15) is 0 Å². The van der Waals surface area contributed by atoms with Gasteiger partial charge >= 0.3 is 0 Å². The van der Waals surface area contributed by atoms with Gasteiger partial charge in [0.2, 0.25) is 0 Å². The van der Waals surface area contributed by atoms with Gasteiger partial charge in [0.15, 0.2) is 0 Å². The molecule has 3 nitrogen and oxygen atoms in total. The quantitative estimate of drug-likeness (QED) is 0.691. The highest BCUT2D eigenvalue weighted by Crippen LogP contribution is 2.26. The van der Waals surface area contributed by atoms with Crippen LogP contribution in [0.2, 0.25) is 10.2 Å². The summed E-state index contributed by atoms with van der Waals surface area (Å²) in [4.78, 5) is 8.18. The van der Waals surface area contributed by atoms with Gasteiger partial charge in [-0.15, -0.1) is 11.8 Å². The zero-order chi connectivity index (χ0) is 12.3. The fraction of sp³-hybridized carbons (Fsp3) is 0.0909. The predicted octanol–water partition coefficient (Wildman–Crippen LogP) is 3.66. The SMILES string of the molecule is Nc1ccc(SCc2cnc(Cl)cc2Cl)nc1. The lowest BCUT2D eigenvalue weighted by Crippen LogP contribution is -1.89. The summed E-state index contributed by atoms with van der Waals surface area (Å²) < 4.78 is 0. The van der Waals surface area contributed by atoms with Crippen molar-refractivity contribution in [3.05, 3.63) is 46.3 Å². The standard InChI is InChI=1S/C11H9Cl2N3S/c12-9-3-10(13)15-4-7(9)6-17-11-2-1-8(14)5-16-11/h1-5H,6,14H2. The van der Waals surface area contributed by atoms with E-state index >= 15 is 0 Å². The molecule has 2 aromatic heterocycles. The number of nitrogen functional groups attached to an aromatic ring is 1. The number of pyridine rings is 2. The van der Waals surface area contributed by atoms with Gasteiger partial charge in [0.05, 0.1) is 16.9 Å². The molecule has 6 heteroatoms. The summed E-state index contributed by atoms with van der Waals surface area (Å²) in [5.41, 5.74) is 7.14. The second-order valence-corrected chi connectivity index (χ2v) is 5.11. The van der Waals surface area contributed by atoms with Gasteiger partial charge in [-0.25, -0.2) is 9.97 Å². The first-order valence-electron chi connectivity index (χ1n) is 4.79. The molecule has 2 rings (SSSR count). The van der Waals surface area contributed by atoms with Crippen LogP contribution in [0.15, 0.2) is 35.6 Å². The van der Waals surface area contributed by atoms with E-state index in [0.29, 0.717) is 21.6 Å². The third kappa shape index (κ3) is 3.49. The van der Waals surface area contributed by atoms with Crippen LogP contribution >= 0.6 is 35.0 Å². The largest absolute Gasteiger partial charge is 0.397 e. The normalized spacial score (nSPS) is 10.5. The molecule has 17 heavy (non-hydrogen) atoms. The summed E-state index contributed by atoms with van der Waals surface area (Å²) in [6.45, 7) is 0. The smallest absolute Gasteiger partial charge is 0.130 e. The lowest BCUT2D eigenvalue weighted by Gasteiger charge is -2.03. The van der Waals surface area contributed by atoms with Crippen LogP contribution in [-0.2, 0) is 5.75 Å². The van der Waals surface area contributed by atoms with Crippen molar-refractivity contribution < 1.29 is 0 Å². The molecule has 0 aliphatic rings. The van der Waals surface area contributed by atoms with Gasteiger partial charge in [0.25, 0.3) is 0 Å². The topological polar surface area (TPSA) is 51.8 Å². The Balaban J connectivity index is 2.04. The van der Waals surface area contributed by atoms with Gasteiger partial charge in [0, 0.05) is 17.0 Å². The van der Waals surface area contributed by atoms with Crippen LogP contribution in [0.4, 0.5) is 5.69 Å². The third-order valence-corrected chi connectivity index (χ3v) is 3.58. The Bertz CT molecular complexity index is 517. The third-order valence-electron chi connectivity index (χ3n) is 2.03. The Hall–Kier alpha value is -0.970. The van der Waals surface area contributed by atoms with Crippen LogP contribution in [0, 0.1) is 0 Å². The molecule has 2 aromatic rings. The van der Waals surface area contributed by atoms with Crippen LogP contribution in [-0.4, -0.2) is 9.97 Å². The molecule has 0 aliphatic carbocycles. The molecule has 0 amide bonds. The molecule has 0 aliphatic heterocycles. The number of anilines is 1. The van der Waals surface area contributed by atoms with E-state index in [4.69, 9.17) is 28.9 Å². The summed E-state index contributed by atoms with van der Waals surface area (Å²) in [5, 5.41) is 1.91. The highest BCUT2D eigenvalue weighted by molar-refractivity contribution is 7.98. The fourth-order valence-corrected chi connectivity index (χ4v) is 2.51. The molecule has 0 radical (unpaired) electrons. The number of rotatable bonds is 3. The van der Waals surface area contributed by atoms with E-state index in [1.807, 2.05) is 12.1 Å². The van der Waals surface area contributed by atoms with Crippen molar-refractivity contribution in [2.24, 2.45) is 0 Å². The van der Waals surface area contributed by atoms with Crippen molar-refractivity contribution in [3.8, 4) is 0 Å². The van der Waals surface area contributed by atoms with Crippen molar-refractivity contribution >= 4 is 40.7 Å². The maximum absolute atomic E-state index is 6.04. The van der Waals surface area contributed by atoms with Gasteiger partial charge in [-0.2, -0.15) is 0 Å². The second kappa shape index (κ2) is 5.58. The average Bonchev–Trinajstić information content (AvgIpc) is 2.30. The first kappa shape index (κ1) is 12.5. The van der Waals surface area contributed by atoms with Crippen molar-refractivity contribution in [1.82, 2.24) is 9.97 Å². The Labute approximate surface area is 113 Å². The number of halogens is 2. The summed E-state index contributed by atoms with van der Waals surface area (Å²) in [5.74, 6) is 0.694.